The van der Waals surface area contributed by atoms with Gasteiger partial charge in [0.05, 0.1) is 13.5 Å². The zero-order valence-electron chi connectivity index (χ0n) is 12.2. The molecule has 0 bridgehead atoms. The van der Waals surface area contributed by atoms with E-state index in [2.05, 4.69) is 40.2 Å². The lowest BCUT2D eigenvalue weighted by Crippen LogP contribution is -2.00. The smallest absolute Gasteiger partial charge is 0.306 e. The SMILES string of the molecule is COC(=O)CCSc1nnc(Nc2cccc(C)c2C)s1. The van der Waals surface area contributed by atoms with Crippen LogP contribution in [-0.4, -0.2) is 29.0 Å². The number of hydrogen-bond acceptors (Lipinski definition) is 7. The summed E-state index contributed by atoms with van der Waals surface area (Å²) in [5.74, 6) is 0.436. The first-order valence-corrected chi connectivity index (χ1v) is 8.26. The van der Waals surface area contributed by atoms with Crippen molar-refractivity contribution in [3.05, 3.63) is 29.3 Å². The third-order valence-corrected chi connectivity index (χ3v) is 4.99. The van der Waals surface area contributed by atoms with E-state index in [1.807, 2.05) is 12.1 Å². The Balaban J connectivity index is 1.94. The molecular weight excluding hydrogens is 306 g/mol. The minimum Gasteiger partial charge on any atom is -0.469 e. The Morgan fingerprint density at radius 1 is 1.38 bits per heavy atom. The number of ether oxygens (including phenoxy) is 1. The Kier molecular flexibility index (Phi) is 5.58. The number of rotatable bonds is 6. The van der Waals surface area contributed by atoms with Gasteiger partial charge in [0.15, 0.2) is 4.34 Å². The highest BCUT2D eigenvalue weighted by atomic mass is 32.2. The van der Waals surface area contributed by atoms with Crippen molar-refractivity contribution in [2.24, 2.45) is 0 Å². The minimum atomic E-state index is -0.208. The van der Waals surface area contributed by atoms with E-state index in [9.17, 15) is 4.79 Å². The van der Waals surface area contributed by atoms with Crippen LogP contribution in [-0.2, 0) is 9.53 Å². The quantitative estimate of drug-likeness (QED) is 0.648. The fraction of sp³-hybridized carbons (Fsp3) is 0.357. The molecule has 0 amide bonds. The number of thioether (sulfide) groups is 1. The lowest BCUT2D eigenvalue weighted by atomic mass is 10.1. The predicted octanol–water partition coefficient (Wildman–Crippen LogP) is 3.55. The molecule has 5 nitrogen and oxygen atoms in total. The van der Waals surface area contributed by atoms with Crippen LogP contribution in [0.25, 0.3) is 0 Å². The highest BCUT2D eigenvalue weighted by Gasteiger charge is 2.08. The van der Waals surface area contributed by atoms with Gasteiger partial charge < -0.3 is 10.1 Å². The summed E-state index contributed by atoms with van der Waals surface area (Å²) < 4.78 is 5.44. The third-order valence-electron chi connectivity index (χ3n) is 3.01. The Morgan fingerprint density at radius 3 is 2.95 bits per heavy atom. The number of nitrogens with one attached hydrogen (secondary N) is 1. The first-order chi connectivity index (χ1) is 10.1. The standard InChI is InChI=1S/C14H17N3O2S2/c1-9-5-4-6-11(10(9)2)15-13-16-17-14(21-13)20-8-7-12(18)19-3/h4-6H,7-8H2,1-3H3,(H,15,16). The molecule has 0 aliphatic heterocycles. The normalized spacial score (nSPS) is 10.4. The van der Waals surface area contributed by atoms with E-state index in [1.165, 1.54) is 41.3 Å². The van der Waals surface area contributed by atoms with Gasteiger partial charge in [0.2, 0.25) is 5.13 Å². The summed E-state index contributed by atoms with van der Waals surface area (Å²) in [5.41, 5.74) is 3.47. The Morgan fingerprint density at radius 2 is 2.19 bits per heavy atom. The maximum absolute atomic E-state index is 11.0. The van der Waals surface area contributed by atoms with E-state index in [4.69, 9.17) is 0 Å². The summed E-state index contributed by atoms with van der Waals surface area (Å²) in [6, 6.07) is 6.11. The van der Waals surface area contributed by atoms with Crippen molar-refractivity contribution in [2.45, 2.75) is 24.6 Å². The minimum absolute atomic E-state index is 0.208. The van der Waals surface area contributed by atoms with E-state index in [1.54, 1.807) is 0 Å². The number of carbonyl (C=O) groups is 1. The monoisotopic (exact) mass is 323 g/mol. The summed E-state index contributed by atoms with van der Waals surface area (Å²) in [4.78, 5) is 11.0. The molecule has 0 atom stereocenters. The second-order valence-electron chi connectivity index (χ2n) is 4.42. The number of aromatic nitrogens is 2. The number of hydrogen-bond donors (Lipinski definition) is 1. The number of aryl methyl sites for hydroxylation is 1. The summed E-state index contributed by atoms with van der Waals surface area (Å²) >= 11 is 2.99. The van der Waals surface area contributed by atoms with Crippen molar-refractivity contribution in [2.75, 3.05) is 18.2 Å². The van der Waals surface area contributed by atoms with Gasteiger partial charge in [-0.05, 0) is 31.0 Å². The lowest BCUT2D eigenvalue weighted by Gasteiger charge is -2.08. The number of anilines is 2. The topological polar surface area (TPSA) is 64.1 Å². The number of esters is 1. The van der Waals surface area contributed by atoms with Crippen molar-refractivity contribution in [3.8, 4) is 0 Å². The molecule has 0 radical (unpaired) electrons. The van der Waals surface area contributed by atoms with Crippen molar-refractivity contribution < 1.29 is 9.53 Å². The van der Waals surface area contributed by atoms with Crippen LogP contribution in [0, 0.1) is 13.8 Å². The molecule has 0 aliphatic rings. The Labute approximate surface area is 132 Å². The van der Waals surface area contributed by atoms with Crippen molar-refractivity contribution in [1.29, 1.82) is 0 Å². The summed E-state index contributed by atoms with van der Waals surface area (Å²) in [6.07, 6.45) is 0.375. The van der Waals surface area contributed by atoms with E-state index >= 15 is 0 Å². The number of methoxy groups -OCH3 is 1. The summed E-state index contributed by atoms with van der Waals surface area (Å²) in [5, 5.41) is 12.3. The number of benzene rings is 1. The van der Waals surface area contributed by atoms with Crippen LogP contribution in [0.15, 0.2) is 22.5 Å². The molecule has 7 heteroatoms. The first kappa shape index (κ1) is 15.8. The van der Waals surface area contributed by atoms with Crippen LogP contribution in [0.4, 0.5) is 10.8 Å². The number of carbonyl (C=O) groups excluding carboxylic acids is 1. The Hall–Kier alpha value is -1.60. The fourth-order valence-corrected chi connectivity index (χ4v) is 3.40. The van der Waals surface area contributed by atoms with Crippen molar-refractivity contribution in [1.82, 2.24) is 10.2 Å². The van der Waals surface area contributed by atoms with Crippen molar-refractivity contribution >= 4 is 39.9 Å². The van der Waals surface area contributed by atoms with E-state index in [-0.39, 0.29) is 5.97 Å². The van der Waals surface area contributed by atoms with Crippen LogP contribution in [0.2, 0.25) is 0 Å². The number of nitrogens with zero attached hydrogens (tertiary/aromatic N) is 2. The van der Waals surface area contributed by atoms with Gasteiger partial charge in [-0.15, -0.1) is 10.2 Å². The zero-order chi connectivity index (χ0) is 15.2. The predicted molar refractivity (Wildman–Crippen MR) is 86.5 cm³/mol. The van der Waals surface area contributed by atoms with Gasteiger partial charge in [0.1, 0.15) is 0 Å². The molecule has 1 aromatic heterocycles. The van der Waals surface area contributed by atoms with E-state index in [0.717, 1.165) is 15.2 Å². The van der Waals surface area contributed by atoms with Gasteiger partial charge >= 0.3 is 5.97 Å². The lowest BCUT2D eigenvalue weighted by molar-refractivity contribution is -0.140. The molecule has 0 saturated carbocycles. The van der Waals surface area contributed by atoms with E-state index < -0.39 is 0 Å². The van der Waals surface area contributed by atoms with Gasteiger partial charge in [0, 0.05) is 11.4 Å². The van der Waals surface area contributed by atoms with Crippen LogP contribution < -0.4 is 5.32 Å². The van der Waals surface area contributed by atoms with Gasteiger partial charge in [-0.25, -0.2) is 0 Å². The largest absolute Gasteiger partial charge is 0.469 e. The van der Waals surface area contributed by atoms with Crippen LogP contribution in [0.1, 0.15) is 17.5 Å². The molecule has 2 rings (SSSR count). The first-order valence-electron chi connectivity index (χ1n) is 6.46. The van der Waals surface area contributed by atoms with Gasteiger partial charge in [-0.3, -0.25) is 4.79 Å². The average molecular weight is 323 g/mol. The maximum atomic E-state index is 11.0. The average Bonchev–Trinajstić information content (AvgIpc) is 2.91. The second-order valence-corrected chi connectivity index (χ2v) is 6.74. The molecule has 21 heavy (non-hydrogen) atoms. The molecule has 1 aromatic carbocycles. The third kappa shape index (κ3) is 4.44. The van der Waals surface area contributed by atoms with Gasteiger partial charge in [0.25, 0.3) is 0 Å². The Bertz CT molecular complexity index is 628. The fourth-order valence-electron chi connectivity index (χ4n) is 1.64. The van der Waals surface area contributed by atoms with E-state index in [0.29, 0.717) is 12.2 Å². The van der Waals surface area contributed by atoms with Crippen LogP contribution in [0.5, 0.6) is 0 Å². The summed E-state index contributed by atoms with van der Waals surface area (Å²) in [7, 11) is 1.39. The van der Waals surface area contributed by atoms with Crippen LogP contribution in [0.3, 0.4) is 0 Å². The molecule has 0 saturated heterocycles. The van der Waals surface area contributed by atoms with Gasteiger partial charge in [-0.1, -0.05) is 35.2 Å². The molecule has 2 aromatic rings. The highest BCUT2D eigenvalue weighted by Crippen LogP contribution is 2.29. The second kappa shape index (κ2) is 7.42. The molecule has 0 unspecified atom stereocenters. The molecule has 0 spiro atoms. The molecular formula is C14H17N3O2S2. The van der Waals surface area contributed by atoms with Gasteiger partial charge in [-0.2, -0.15) is 0 Å². The summed E-state index contributed by atoms with van der Waals surface area (Å²) in [6.45, 7) is 4.15. The van der Waals surface area contributed by atoms with Crippen molar-refractivity contribution in [3.63, 3.8) is 0 Å². The zero-order valence-corrected chi connectivity index (χ0v) is 13.8. The maximum Gasteiger partial charge on any atom is 0.306 e. The molecule has 112 valence electrons. The molecule has 0 fully saturated rings. The van der Waals surface area contributed by atoms with Crippen LogP contribution >= 0.6 is 23.1 Å². The molecule has 1 N–H and O–H groups in total. The molecule has 0 aliphatic carbocycles. The highest BCUT2D eigenvalue weighted by molar-refractivity contribution is 8.01. The molecule has 1 heterocycles.